The Bertz CT molecular complexity index is 2130. The van der Waals surface area contributed by atoms with Crippen molar-refractivity contribution in [1.29, 1.82) is 0 Å². The van der Waals surface area contributed by atoms with Gasteiger partial charge in [0.05, 0.1) is 29.4 Å². The zero-order valence-electron chi connectivity index (χ0n) is 25.8. The summed E-state index contributed by atoms with van der Waals surface area (Å²) in [6.45, 7) is 1.72. The fourth-order valence-corrected chi connectivity index (χ4v) is 8.15. The molecule has 0 spiro atoms. The van der Waals surface area contributed by atoms with Crippen LogP contribution >= 0.6 is 11.6 Å². The van der Waals surface area contributed by atoms with E-state index in [1.807, 2.05) is 12.1 Å². The molecular weight excluding hydrogens is 662 g/mol. The van der Waals surface area contributed by atoms with Gasteiger partial charge in [-0.2, -0.15) is 0 Å². The number of pyridine rings is 1. The first-order chi connectivity index (χ1) is 23.1. The number of ether oxygens (including phenoxy) is 1. The molecule has 0 saturated carbocycles. The Morgan fingerprint density at radius 3 is 2.56 bits per heavy atom. The normalized spacial score (nSPS) is 16.6. The van der Waals surface area contributed by atoms with Crippen LogP contribution in [0.2, 0.25) is 5.02 Å². The second kappa shape index (κ2) is 12.8. The average Bonchev–Trinajstić information content (AvgIpc) is 3.45. The molecule has 3 heterocycles. The molecule has 1 saturated heterocycles. The highest BCUT2D eigenvalue weighted by Crippen LogP contribution is 2.40. The molecule has 1 aliphatic heterocycles. The molecule has 3 N–H and O–H groups in total. The van der Waals surface area contributed by atoms with Gasteiger partial charge >= 0.3 is 0 Å². The summed E-state index contributed by atoms with van der Waals surface area (Å²) in [6, 6.07) is 11.9. The van der Waals surface area contributed by atoms with Gasteiger partial charge in [-0.05, 0) is 90.9 Å². The lowest BCUT2D eigenvalue weighted by Crippen LogP contribution is -2.39. The molecule has 3 aromatic carbocycles. The third-order valence-electron chi connectivity index (χ3n) is 8.87. The maximum Gasteiger partial charge on any atom is 0.262 e. The van der Waals surface area contributed by atoms with Crippen LogP contribution < -0.4 is 19.7 Å². The largest absolute Gasteiger partial charge is 0.494 e. The van der Waals surface area contributed by atoms with Crippen molar-refractivity contribution in [3.63, 3.8) is 0 Å². The minimum Gasteiger partial charge on any atom is -0.494 e. The predicted octanol–water partition coefficient (Wildman–Crippen LogP) is 6.49. The Labute approximate surface area is 280 Å². The highest BCUT2D eigenvalue weighted by molar-refractivity contribution is 7.92. The third kappa shape index (κ3) is 6.09. The van der Waals surface area contributed by atoms with Gasteiger partial charge in [-0.1, -0.05) is 11.6 Å². The maximum atomic E-state index is 16.1. The molecule has 0 unspecified atom stereocenters. The molecule has 7 rings (SSSR count). The fraction of sp³-hybridized carbons (Fsp3) is 0.265. The number of hydrogen-bond donors (Lipinski definition) is 3. The number of aliphatic hydroxyl groups excluding tert-OH is 1. The molecule has 10 nitrogen and oxygen atoms in total. The van der Waals surface area contributed by atoms with Crippen LogP contribution in [0.5, 0.6) is 5.75 Å². The smallest absolute Gasteiger partial charge is 0.262 e. The van der Waals surface area contributed by atoms with Crippen LogP contribution in [0.4, 0.5) is 26.1 Å². The molecule has 0 radical (unpaired) electrons. The summed E-state index contributed by atoms with van der Waals surface area (Å²) in [6.07, 6.45) is 6.66. The van der Waals surface area contributed by atoms with Crippen molar-refractivity contribution < 1.29 is 27.0 Å². The van der Waals surface area contributed by atoms with E-state index in [2.05, 4.69) is 29.9 Å². The summed E-state index contributed by atoms with van der Waals surface area (Å²) in [4.78, 5) is 15.3. The number of benzene rings is 3. The summed E-state index contributed by atoms with van der Waals surface area (Å²) in [7, 11) is -2.93. The van der Waals surface area contributed by atoms with E-state index in [1.165, 1.54) is 31.4 Å². The number of hydrogen-bond acceptors (Lipinski definition) is 9. The van der Waals surface area contributed by atoms with Crippen molar-refractivity contribution in [2.24, 2.45) is 0 Å². The van der Waals surface area contributed by atoms with Gasteiger partial charge in [0.25, 0.3) is 10.0 Å². The summed E-state index contributed by atoms with van der Waals surface area (Å²) >= 11 is 6.16. The van der Waals surface area contributed by atoms with Gasteiger partial charge in [0.15, 0.2) is 5.82 Å². The van der Waals surface area contributed by atoms with Gasteiger partial charge in [0, 0.05) is 53.8 Å². The molecule has 5 aromatic rings. The number of fused-ring (bicyclic) bond motifs is 2. The van der Waals surface area contributed by atoms with Crippen LogP contribution in [0, 0.1) is 11.6 Å². The molecule has 1 fully saturated rings. The first-order valence-electron chi connectivity index (χ1n) is 15.4. The van der Waals surface area contributed by atoms with E-state index in [-0.39, 0.29) is 27.3 Å². The first-order valence-corrected chi connectivity index (χ1v) is 17.3. The number of methoxy groups -OCH3 is 1. The van der Waals surface area contributed by atoms with Crippen molar-refractivity contribution in [2.75, 3.05) is 35.1 Å². The number of aliphatic hydroxyl groups is 1. The molecule has 0 amide bonds. The van der Waals surface area contributed by atoms with Crippen LogP contribution in [0.1, 0.15) is 36.5 Å². The molecule has 2 aliphatic rings. The van der Waals surface area contributed by atoms with E-state index in [4.69, 9.17) is 16.3 Å². The minimum absolute atomic E-state index is 0.106. The minimum atomic E-state index is -4.37. The molecule has 1 atom stereocenters. The van der Waals surface area contributed by atoms with Gasteiger partial charge in [-0.25, -0.2) is 27.2 Å². The third-order valence-corrected chi connectivity index (χ3v) is 10.5. The summed E-state index contributed by atoms with van der Waals surface area (Å²) in [5.41, 5.74) is 1.60. The van der Waals surface area contributed by atoms with E-state index in [1.54, 1.807) is 18.6 Å². The summed E-state index contributed by atoms with van der Waals surface area (Å²) in [5, 5.41) is 14.3. The van der Waals surface area contributed by atoms with Gasteiger partial charge in [0.1, 0.15) is 17.1 Å². The molecular formula is C34H31ClF2N6O4S. The average molecular weight is 693 g/mol. The van der Waals surface area contributed by atoms with Crippen molar-refractivity contribution in [3.05, 3.63) is 94.9 Å². The number of sulfonamides is 1. The Kier molecular flexibility index (Phi) is 8.52. The number of rotatable bonds is 8. The molecule has 48 heavy (non-hydrogen) atoms. The predicted molar refractivity (Wildman–Crippen MR) is 180 cm³/mol. The number of anilines is 3. The summed E-state index contributed by atoms with van der Waals surface area (Å²) < 4.78 is 66.1. The van der Waals surface area contributed by atoms with Gasteiger partial charge < -0.3 is 20.1 Å². The van der Waals surface area contributed by atoms with Crippen LogP contribution in [-0.4, -0.2) is 54.7 Å². The Morgan fingerprint density at radius 1 is 1.04 bits per heavy atom. The number of nitrogens with one attached hydrogen (secondary N) is 2. The van der Waals surface area contributed by atoms with Crippen molar-refractivity contribution in [3.8, 4) is 16.9 Å². The van der Waals surface area contributed by atoms with E-state index in [0.29, 0.717) is 40.8 Å². The molecule has 0 bridgehead atoms. The van der Waals surface area contributed by atoms with Crippen molar-refractivity contribution >= 4 is 49.9 Å². The number of nitrogens with zero attached hydrogens (tertiary/aromatic N) is 4. The Morgan fingerprint density at radius 2 is 1.81 bits per heavy atom. The van der Waals surface area contributed by atoms with Gasteiger partial charge in [-0.15, -0.1) is 0 Å². The van der Waals surface area contributed by atoms with E-state index in [0.717, 1.165) is 43.8 Å². The number of aromatic nitrogens is 3. The molecule has 2 aromatic heterocycles. The van der Waals surface area contributed by atoms with Crippen LogP contribution in [0.25, 0.3) is 22.0 Å². The Balaban J connectivity index is 1.15. The van der Waals surface area contributed by atoms with Crippen LogP contribution in [-0.2, 0) is 16.4 Å². The molecule has 248 valence electrons. The van der Waals surface area contributed by atoms with E-state index in [9.17, 15) is 13.5 Å². The van der Waals surface area contributed by atoms with Crippen molar-refractivity contribution in [2.45, 2.75) is 42.7 Å². The zero-order chi connectivity index (χ0) is 33.6. The SMILES string of the molecule is COc1cc(-c2c(F)ccc(NS(=O)(=O)c3cc(Cl)cc4c3CC[C@H]4O)c2F)cc2cnc(NC3CCN(c4ccncc4)CC3)nc12. The zero-order valence-corrected chi connectivity index (χ0v) is 27.3. The molecule has 14 heteroatoms. The topological polar surface area (TPSA) is 130 Å². The highest BCUT2D eigenvalue weighted by atomic mass is 35.5. The maximum absolute atomic E-state index is 16.1. The summed E-state index contributed by atoms with van der Waals surface area (Å²) in [5.74, 6) is -1.35. The van der Waals surface area contributed by atoms with Gasteiger partial charge in [-0.3, -0.25) is 9.71 Å². The Hall–Kier alpha value is -4.59. The molecule has 1 aliphatic carbocycles. The lowest BCUT2D eigenvalue weighted by atomic mass is 10.0. The first kappa shape index (κ1) is 32.0. The lowest BCUT2D eigenvalue weighted by molar-refractivity contribution is 0.180. The highest BCUT2D eigenvalue weighted by Gasteiger charge is 2.30. The standard InChI is InChI=1S/C34H31ClF2N6O4S/c1-47-29-15-19(14-20-18-39-34(41-33(20)29)40-22-8-12-43(13-9-22)23-6-10-38-11-7-23)31-26(36)3-4-27(32(31)37)42-48(45,46)30-17-21(35)16-25-24(30)2-5-28(25)44/h3-4,6-7,10-11,14-18,22,28,42,44H,2,5,8-9,12-13H2,1H3,(H,39,40,41)/t28-/m1/s1. The second-order valence-electron chi connectivity index (χ2n) is 11.8. The number of halogens is 3. The monoisotopic (exact) mass is 692 g/mol. The van der Waals surface area contributed by atoms with Crippen LogP contribution in [0.15, 0.2) is 72.0 Å². The lowest BCUT2D eigenvalue weighted by Gasteiger charge is -2.33. The quantitative estimate of drug-likeness (QED) is 0.167. The van der Waals surface area contributed by atoms with Crippen molar-refractivity contribution in [1.82, 2.24) is 15.0 Å². The van der Waals surface area contributed by atoms with E-state index < -0.39 is 39.0 Å². The fourth-order valence-electron chi connectivity index (χ4n) is 6.47. The van der Waals surface area contributed by atoms with E-state index >= 15 is 8.78 Å². The van der Waals surface area contributed by atoms with Gasteiger partial charge in [0.2, 0.25) is 5.95 Å². The number of piperidine rings is 1. The second-order valence-corrected chi connectivity index (χ2v) is 13.9. The van der Waals surface area contributed by atoms with Crippen LogP contribution in [0.3, 0.4) is 0 Å².